The Morgan fingerprint density at radius 2 is 2.16 bits per heavy atom. The van der Waals surface area contributed by atoms with Crippen LogP contribution in [0.3, 0.4) is 0 Å². The molecule has 1 heterocycles. The molecule has 1 saturated heterocycles. The Kier molecular flexibility index (Phi) is 6.08. The van der Waals surface area contributed by atoms with Crippen LogP contribution in [0.25, 0.3) is 0 Å². The van der Waals surface area contributed by atoms with Crippen molar-refractivity contribution in [2.45, 2.75) is 30.7 Å². The van der Waals surface area contributed by atoms with Gasteiger partial charge in [0, 0.05) is 17.6 Å². The van der Waals surface area contributed by atoms with Gasteiger partial charge in [0.1, 0.15) is 0 Å². The van der Waals surface area contributed by atoms with Crippen LogP contribution in [0.1, 0.15) is 18.4 Å². The van der Waals surface area contributed by atoms with Crippen LogP contribution >= 0.6 is 24.0 Å². The summed E-state index contributed by atoms with van der Waals surface area (Å²) >= 11 is 5.86. The van der Waals surface area contributed by atoms with Gasteiger partial charge in [-0.25, -0.2) is 13.1 Å². The van der Waals surface area contributed by atoms with E-state index in [4.69, 9.17) is 11.6 Å². The Bertz CT molecular complexity index is 529. The van der Waals surface area contributed by atoms with E-state index >= 15 is 0 Å². The molecule has 1 aromatic rings. The maximum Gasteiger partial charge on any atom is 0.241 e. The van der Waals surface area contributed by atoms with Crippen LogP contribution in [-0.4, -0.2) is 27.5 Å². The van der Waals surface area contributed by atoms with Crippen molar-refractivity contribution in [3.63, 3.8) is 0 Å². The fourth-order valence-corrected chi connectivity index (χ4v) is 3.88. The van der Waals surface area contributed by atoms with E-state index in [0.717, 1.165) is 19.4 Å². The molecular weight excluding hydrogens is 307 g/mol. The molecule has 4 nitrogen and oxygen atoms in total. The first-order valence-electron chi connectivity index (χ1n) is 5.98. The number of rotatable bonds is 3. The molecule has 7 heteroatoms. The molecule has 2 N–H and O–H groups in total. The van der Waals surface area contributed by atoms with Gasteiger partial charge in [-0.05, 0) is 44.0 Å². The molecule has 0 saturated carbocycles. The van der Waals surface area contributed by atoms with Gasteiger partial charge in [-0.3, -0.25) is 0 Å². The summed E-state index contributed by atoms with van der Waals surface area (Å²) in [7, 11) is -3.49. The highest BCUT2D eigenvalue weighted by atomic mass is 35.5. The normalized spacial score (nSPS) is 19.8. The number of aryl methyl sites for hydroxylation is 1. The molecule has 0 aliphatic carbocycles. The fraction of sp³-hybridized carbons (Fsp3) is 0.500. The van der Waals surface area contributed by atoms with Gasteiger partial charge in [0.15, 0.2) is 0 Å². The van der Waals surface area contributed by atoms with Crippen LogP contribution in [0.2, 0.25) is 5.02 Å². The number of halogens is 2. The average molecular weight is 325 g/mol. The zero-order chi connectivity index (χ0) is 13.2. The summed E-state index contributed by atoms with van der Waals surface area (Å²) in [6, 6.07) is 4.87. The third kappa shape index (κ3) is 4.33. The molecule has 0 amide bonds. The lowest BCUT2D eigenvalue weighted by molar-refractivity contribution is 0.428. The molecule has 1 fully saturated rings. The van der Waals surface area contributed by atoms with E-state index in [1.54, 1.807) is 19.1 Å². The van der Waals surface area contributed by atoms with Crippen molar-refractivity contribution in [2.75, 3.05) is 13.1 Å². The Balaban J connectivity index is 0.00000180. The average Bonchev–Trinajstić information content (AvgIpc) is 2.33. The highest BCUT2D eigenvalue weighted by molar-refractivity contribution is 7.89. The Morgan fingerprint density at radius 3 is 2.79 bits per heavy atom. The van der Waals surface area contributed by atoms with Gasteiger partial charge in [0.05, 0.1) is 4.90 Å². The van der Waals surface area contributed by atoms with E-state index in [2.05, 4.69) is 10.0 Å². The lowest BCUT2D eigenvalue weighted by Crippen LogP contribution is -2.45. The predicted octanol–water partition coefficient (Wildman–Crippen LogP) is 2.10. The third-order valence-electron chi connectivity index (χ3n) is 3.06. The number of hydrogen-bond acceptors (Lipinski definition) is 3. The lowest BCUT2D eigenvalue weighted by atomic mass is 10.1. The monoisotopic (exact) mass is 324 g/mol. The van der Waals surface area contributed by atoms with Gasteiger partial charge in [-0.1, -0.05) is 17.7 Å². The minimum Gasteiger partial charge on any atom is -0.315 e. The van der Waals surface area contributed by atoms with Crippen molar-refractivity contribution in [3.8, 4) is 0 Å². The van der Waals surface area contributed by atoms with Crippen LogP contribution in [-0.2, 0) is 10.0 Å². The molecule has 0 spiro atoms. The van der Waals surface area contributed by atoms with Crippen LogP contribution in [0.15, 0.2) is 23.1 Å². The minimum atomic E-state index is -3.49. The molecule has 0 aromatic heterocycles. The summed E-state index contributed by atoms with van der Waals surface area (Å²) in [5, 5.41) is 3.61. The molecule has 108 valence electrons. The van der Waals surface area contributed by atoms with Crippen LogP contribution < -0.4 is 10.0 Å². The second-order valence-electron chi connectivity index (χ2n) is 4.57. The summed E-state index contributed by atoms with van der Waals surface area (Å²) in [5.41, 5.74) is 0.704. The number of nitrogens with one attached hydrogen (secondary N) is 2. The van der Waals surface area contributed by atoms with E-state index in [9.17, 15) is 8.42 Å². The first kappa shape index (κ1) is 16.7. The van der Waals surface area contributed by atoms with Gasteiger partial charge in [-0.15, -0.1) is 12.4 Å². The van der Waals surface area contributed by atoms with Crippen molar-refractivity contribution in [1.29, 1.82) is 0 Å². The molecule has 0 radical (unpaired) electrons. The first-order chi connectivity index (χ1) is 8.49. The number of hydrogen-bond donors (Lipinski definition) is 2. The van der Waals surface area contributed by atoms with E-state index in [0.29, 0.717) is 17.1 Å². The summed E-state index contributed by atoms with van der Waals surface area (Å²) in [4.78, 5) is 0.264. The van der Waals surface area contributed by atoms with Gasteiger partial charge in [-0.2, -0.15) is 0 Å². The second kappa shape index (κ2) is 6.90. The van der Waals surface area contributed by atoms with E-state index < -0.39 is 10.0 Å². The second-order valence-corrected chi connectivity index (χ2v) is 6.69. The van der Waals surface area contributed by atoms with E-state index in [1.165, 1.54) is 6.07 Å². The van der Waals surface area contributed by atoms with Crippen molar-refractivity contribution in [2.24, 2.45) is 0 Å². The largest absolute Gasteiger partial charge is 0.315 e. The molecule has 1 atom stereocenters. The highest BCUT2D eigenvalue weighted by Gasteiger charge is 2.23. The highest BCUT2D eigenvalue weighted by Crippen LogP contribution is 2.20. The number of benzene rings is 1. The quantitative estimate of drug-likeness (QED) is 0.895. The molecule has 2 rings (SSSR count). The lowest BCUT2D eigenvalue weighted by Gasteiger charge is -2.24. The van der Waals surface area contributed by atoms with Gasteiger partial charge in [0.25, 0.3) is 0 Å². The predicted molar refractivity (Wildman–Crippen MR) is 79.7 cm³/mol. The Morgan fingerprint density at radius 1 is 1.42 bits per heavy atom. The zero-order valence-electron chi connectivity index (χ0n) is 10.6. The van der Waals surface area contributed by atoms with Gasteiger partial charge < -0.3 is 5.32 Å². The number of piperidine rings is 1. The molecule has 1 aromatic carbocycles. The molecule has 19 heavy (non-hydrogen) atoms. The van der Waals surface area contributed by atoms with Gasteiger partial charge in [0.2, 0.25) is 10.0 Å². The van der Waals surface area contributed by atoms with Crippen molar-refractivity contribution in [1.82, 2.24) is 10.0 Å². The first-order valence-corrected chi connectivity index (χ1v) is 7.84. The van der Waals surface area contributed by atoms with E-state index in [-0.39, 0.29) is 23.3 Å². The Labute approximate surface area is 125 Å². The smallest absolute Gasteiger partial charge is 0.241 e. The summed E-state index contributed by atoms with van der Waals surface area (Å²) < 4.78 is 27.3. The molecular formula is C12H18Cl2N2O2S. The SMILES string of the molecule is Cc1ccc(Cl)cc1S(=O)(=O)NC1CCCNC1.Cl. The Hall–Kier alpha value is -0.330. The standard InChI is InChI=1S/C12H17ClN2O2S.ClH/c1-9-4-5-10(13)7-12(9)18(16,17)15-11-3-2-6-14-8-11;/h4-5,7,11,14-15H,2-3,6,8H2,1H3;1H. The minimum absolute atomic E-state index is 0. The molecule has 0 bridgehead atoms. The van der Waals surface area contributed by atoms with Crippen LogP contribution in [0, 0.1) is 6.92 Å². The number of sulfonamides is 1. The summed E-state index contributed by atoms with van der Waals surface area (Å²) in [6.45, 7) is 3.40. The zero-order valence-corrected chi connectivity index (χ0v) is 13.0. The van der Waals surface area contributed by atoms with Crippen LogP contribution in [0.5, 0.6) is 0 Å². The molecule has 1 unspecified atom stereocenters. The maximum absolute atomic E-state index is 12.3. The maximum atomic E-state index is 12.3. The van der Waals surface area contributed by atoms with Crippen molar-refractivity contribution in [3.05, 3.63) is 28.8 Å². The van der Waals surface area contributed by atoms with E-state index in [1.807, 2.05) is 0 Å². The molecule has 1 aliphatic rings. The van der Waals surface area contributed by atoms with Crippen molar-refractivity contribution < 1.29 is 8.42 Å². The topological polar surface area (TPSA) is 58.2 Å². The molecule has 1 aliphatic heterocycles. The van der Waals surface area contributed by atoms with Crippen LogP contribution in [0.4, 0.5) is 0 Å². The third-order valence-corrected chi connectivity index (χ3v) is 4.96. The summed E-state index contributed by atoms with van der Waals surface area (Å²) in [5.74, 6) is 0. The van der Waals surface area contributed by atoms with Crippen molar-refractivity contribution >= 4 is 34.0 Å². The van der Waals surface area contributed by atoms with Gasteiger partial charge >= 0.3 is 0 Å². The summed E-state index contributed by atoms with van der Waals surface area (Å²) in [6.07, 6.45) is 1.85. The fourth-order valence-electron chi connectivity index (χ4n) is 2.10.